The number of ether oxygens (including phenoxy) is 1. The number of likely N-dealkylation sites (tertiary alicyclic amines) is 1. The van der Waals surface area contributed by atoms with Crippen LogP contribution in [0.3, 0.4) is 0 Å². The van der Waals surface area contributed by atoms with Crippen molar-refractivity contribution in [3.05, 3.63) is 41.1 Å². The van der Waals surface area contributed by atoms with Gasteiger partial charge in [-0.1, -0.05) is 38.1 Å². The number of benzene rings is 1. The minimum atomic E-state index is -0.589. The first kappa shape index (κ1) is 29.1. The van der Waals surface area contributed by atoms with E-state index in [0.717, 1.165) is 24.7 Å². The summed E-state index contributed by atoms with van der Waals surface area (Å²) in [6.07, 6.45) is 2.20. The van der Waals surface area contributed by atoms with Gasteiger partial charge in [0.15, 0.2) is 0 Å². The maximum Gasteiger partial charge on any atom is 0.410 e. The molecule has 1 aliphatic heterocycles. The van der Waals surface area contributed by atoms with Crippen LogP contribution in [0.2, 0.25) is 0 Å². The molecular weight excluding hydrogens is 408 g/mol. The zero-order chi connectivity index (χ0) is 24.9. The largest absolute Gasteiger partial charge is 0.444 e. The molecule has 1 aliphatic rings. The first-order valence-electron chi connectivity index (χ1n) is 10.9. The number of aliphatic hydroxyl groups is 1. The van der Waals surface area contributed by atoms with E-state index >= 15 is 0 Å². The van der Waals surface area contributed by atoms with Crippen molar-refractivity contribution in [3.8, 4) is 0 Å². The summed E-state index contributed by atoms with van der Waals surface area (Å²) in [7, 11) is 1.00. The third kappa shape index (κ3) is 9.09. The van der Waals surface area contributed by atoms with E-state index in [4.69, 9.17) is 21.0 Å². The Balaban J connectivity index is 0.00000227. The van der Waals surface area contributed by atoms with Gasteiger partial charge >= 0.3 is 6.09 Å². The average Bonchev–Trinajstić information content (AvgIpc) is 3.25. The third-order valence-electron chi connectivity index (χ3n) is 4.48. The number of nitrogens with one attached hydrogen (secondary N) is 2. The molecule has 1 atom stereocenters. The van der Waals surface area contributed by atoms with Gasteiger partial charge in [0.05, 0.1) is 0 Å². The summed E-state index contributed by atoms with van der Waals surface area (Å²) in [5.41, 5.74) is 8.25. The summed E-state index contributed by atoms with van der Waals surface area (Å²) in [4.78, 5) is 26.4. The van der Waals surface area contributed by atoms with Gasteiger partial charge in [-0.05, 0) is 51.7 Å². The van der Waals surface area contributed by atoms with Crippen molar-refractivity contribution in [1.29, 1.82) is 5.41 Å². The van der Waals surface area contributed by atoms with Crippen molar-refractivity contribution in [2.75, 3.05) is 13.7 Å². The highest BCUT2D eigenvalue weighted by atomic mass is 16.6. The SMILES string of the molecule is C/C(N)=C(/C=N)c1ccc(CNC(=O)C2CCCN2C(=O)OC(C)(C)C)cc1.CC.CO. The first-order valence-corrected chi connectivity index (χ1v) is 10.9. The van der Waals surface area contributed by atoms with Crippen LogP contribution in [-0.4, -0.2) is 53.5 Å². The molecule has 180 valence electrons. The van der Waals surface area contributed by atoms with Gasteiger partial charge in [0.25, 0.3) is 0 Å². The molecular formula is C24H40N4O4. The third-order valence-corrected chi connectivity index (χ3v) is 4.48. The molecule has 2 rings (SSSR count). The molecule has 1 heterocycles. The van der Waals surface area contributed by atoms with Crippen molar-refractivity contribution in [2.24, 2.45) is 5.73 Å². The standard InChI is InChI=1S/C21H30N4O3.C2H6.CH4O/c1-14(23)17(12-22)16-9-7-15(8-10-16)13-24-19(26)18-6-5-11-25(18)20(27)28-21(2,3)4;2*1-2/h7-10,12,18,22H,5-6,11,13,23H2,1-4H3,(H,24,26);1-2H3;2H,1H3/b17-14+,22-12?;;. The molecule has 8 nitrogen and oxygen atoms in total. The second kappa shape index (κ2) is 14.2. The molecule has 0 radical (unpaired) electrons. The van der Waals surface area contributed by atoms with Crippen molar-refractivity contribution in [1.82, 2.24) is 10.2 Å². The molecule has 0 bridgehead atoms. The lowest BCUT2D eigenvalue weighted by atomic mass is 10.0. The maximum atomic E-state index is 12.6. The van der Waals surface area contributed by atoms with Crippen LogP contribution in [0.5, 0.6) is 0 Å². The van der Waals surface area contributed by atoms with Crippen LogP contribution in [0.4, 0.5) is 4.79 Å². The van der Waals surface area contributed by atoms with E-state index in [2.05, 4.69) is 5.32 Å². The smallest absolute Gasteiger partial charge is 0.410 e. The monoisotopic (exact) mass is 448 g/mol. The van der Waals surface area contributed by atoms with Crippen LogP contribution in [0.1, 0.15) is 65.5 Å². The molecule has 0 saturated carbocycles. The van der Waals surface area contributed by atoms with Gasteiger partial charge in [0.2, 0.25) is 5.91 Å². The first-order chi connectivity index (χ1) is 15.1. The number of hydrogen-bond donors (Lipinski definition) is 4. The fraction of sp³-hybridized carbons (Fsp3) is 0.542. The molecule has 5 N–H and O–H groups in total. The van der Waals surface area contributed by atoms with Gasteiger partial charge in [-0.2, -0.15) is 0 Å². The van der Waals surface area contributed by atoms with Gasteiger partial charge in [-0.3, -0.25) is 9.69 Å². The molecule has 8 heteroatoms. The molecule has 1 aromatic carbocycles. The lowest BCUT2D eigenvalue weighted by Gasteiger charge is -2.28. The van der Waals surface area contributed by atoms with Gasteiger partial charge in [-0.25, -0.2) is 4.79 Å². The fourth-order valence-electron chi connectivity index (χ4n) is 3.11. The van der Waals surface area contributed by atoms with Crippen LogP contribution in [0.25, 0.3) is 5.57 Å². The van der Waals surface area contributed by atoms with Crippen LogP contribution in [0, 0.1) is 5.41 Å². The highest BCUT2D eigenvalue weighted by Gasteiger charge is 2.36. The van der Waals surface area contributed by atoms with Crippen LogP contribution >= 0.6 is 0 Å². The zero-order valence-electron chi connectivity index (χ0n) is 20.5. The summed E-state index contributed by atoms with van der Waals surface area (Å²) in [5, 5.41) is 17.4. The van der Waals surface area contributed by atoms with Gasteiger partial charge < -0.3 is 26.3 Å². The molecule has 1 fully saturated rings. The van der Waals surface area contributed by atoms with Crippen molar-refractivity contribution >= 4 is 23.8 Å². The van der Waals surface area contributed by atoms with Gasteiger partial charge in [-0.15, -0.1) is 0 Å². The summed E-state index contributed by atoms with van der Waals surface area (Å²) >= 11 is 0. The summed E-state index contributed by atoms with van der Waals surface area (Å²) in [6.45, 7) is 12.1. The Morgan fingerprint density at radius 2 is 1.81 bits per heavy atom. The van der Waals surface area contributed by atoms with Gasteiger partial charge in [0.1, 0.15) is 11.6 Å². The number of nitrogens with zero attached hydrogens (tertiary/aromatic N) is 1. The quantitative estimate of drug-likeness (QED) is 0.511. The van der Waals surface area contributed by atoms with E-state index in [1.54, 1.807) is 6.92 Å². The molecule has 0 spiro atoms. The van der Waals surface area contributed by atoms with Crippen LogP contribution in [-0.2, 0) is 16.1 Å². The Labute approximate surface area is 192 Å². The van der Waals surface area contributed by atoms with E-state index in [1.807, 2.05) is 58.9 Å². The predicted molar refractivity (Wildman–Crippen MR) is 129 cm³/mol. The molecule has 32 heavy (non-hydrogen) atoms. The van der Waals surface area contributed by atoms with Crippen LogP contribution < -0.4 is 11.1 Å². The number of aliphatic hydroxyl groups excluding tert-OH is 1. The highest BCUT2D eigenvalue weighted by molar-refractivity contribution is 6.09. The number of nitrogens with two attached hydrogens (primary N) is 1. The van der Waals surface area contributed by atoms with Crippen LogP contribution in [0.15, 0.2) is 30.0 Å². The maximum absolute atomic E-state index is 12.6. The molecule has 2 amide bonds. The van der Waals surface area contributed by atoms with E-state index < -0.39 is 17.7 Å². The van der Waals surface area contributed by atoms with E-state index in [9.17, 15) is 9.59 Å². The summed E-state index contributed by atoms with van der Waals surface area (Å²) in [6, 6.07) is 7.04. The number of carbonyl (C=O) groups excluding carboxylic acids is 2. The van der Waals surface area contributed by atoms with E-state index in [1.165, 1.54) is 11.1 Å². The summed E-state index contributed by atoms with van der Waals surface area (Å²) < 4.78 is 5.40. The number of carbonyl (C=O) groups is 2. The normalized spacial score (nSPS) is 15.9. The van der Waals surface area contributed by atoms with Crippen molar-refractivity contribution in [3.63, 3.8) is 0 Å². The number of amides is 2. The number of hydrogen-bond acceptors (Lipinski definition) is 6. The Kier molecular flexibility index (Phi) is 13.0. The predicted octanol–water partition coefficient (Wildman–Crippen LogP) is 3.68. The van der Waals surface area contributed by atoms with Gasteiger partial charge in [0, 0.05) is 37.7 Å². The topological polar surface area (TPSA) is 129 Å². The van der Waals surface area contributed by atoms with Crippen molar-refractivity contribution in [2.45, 2.75) is 72.6 Å². The van der Waals surface area contributed by atoms with Crippen molar-refractivity contribution < 1.29 is 19.4 Å². The zero-order valence-corrected chi connectivity index (χ0v) is 20.5. The minimum Gasteiger partial charge on any atom is -0.444 e. The highest BCUT2D eigenvalue weighted by Crippen LogP contribution is 2.21. The Bertz CT molecular complexity index is 763. The Morgan fingerprint density at radius 1 is 1.25 bits per heavy atom. The second-order valence-corrected chi connectivity index (χ2v) is 7.99. The Hall–Kier alpha value is -2.87. The Morgan fingerprint density at radius 3 is 2.28 bits per heavy atom. The number of rotatable bonds is 5. The molecule has 1 unspecified atom stereocenters. The summed E-state index contributed by atoms with van der Waals surface area (Å²) in [5.74, 6) is -0.176. The number of allylic oxidation sites excluding steroid dienone is 2. The molecule has 1 saturated heterocycles. The second-order valence-electron chi connectivity index (χ2n) is 7.99. The van der Waals surface area contributed by atoms with E-state index in [0.29, 0.717) is 30.8 Å². The molecule has 1 aromatic rings. The fourth-order valence-corrected chi connectivity index (χ4v) is 3.11. The molecule has 0 aliphatic carbocycles. The molecule has 0 aromatic heterocycles. The van der Waals surface area contributed by atoms with E-state index in [-0.39, 0.29) is 5.91 Å². The average molecular weight is 449 g/mol. The lowest BCUT2D eigenvalue weighted by Crippen LogP contribution is -2.47. The minimum absolute atomic E-state index is 0.176. The lowest BCUT2D eigenvalue weighted by molar-refractivity contribution is -0.125.